The fourth-order valence-electron chi connectivity index (χ4n) is 2.23. The minimum Gasteiger partial charge on any atom is -0.360 e. The zero-order chi connectivity index (χ0) is 12.6. The largest absolute Gasteiger partial charge is 0.360 e. The topological polar surface area (TPSA) is 58.5 Å². The van der Waals surface area contributed by atoms with E-state index < -0.39 is 9.84 Å². The molecule has 0 saturated carbocycles. The number of thioether (sulfide) groups is 1. The number of rotatable bonds is 2. The van der Waals surface area contributed by atoms with Crippen molar-refractivity contribution in [2.75, 3.05) is 11.5 Å². The Morgan fingerprint density at radius 1 is 1.28 bits per heavy atom. The Morgan fingerprint density at radius 2 is 2.06 bits per heavy atom. The number of aliphatic imine (C=N–C) groups is 1. The number of benzene rings is 1. The van der Waals surface area contributed by atoms with Crippen molar-refractivity contribution in [2.45, 2.75) is 17.8 Å². The van der Waals surface area contributed by atoms with Gasteiger partial charge in [0.2, 0.25) is 0 Å². The summed E-state index contributed by atoms with van der Waals surface area (Å²) >= 11 is 1.56. The molecule has 18 heavy (non-hydrogen) atoms. The van der Waals surface area contributed by atoms with Crippen molar-refractivity contribution in [1.29, 1.82) is 0 Å². The quantitative estimate of drug-likeness (QED) is 0.880. The first kappa shape index (κ1) is 12.0. The Kier molecular flexibility index (Phi) is 3.07. The van der Waals surface area contributed by atoms with Gasteiger partial charge in [-0.1, -0.05) is 42.1 Å². The van der Waals surface area contributed by atoms with E-state index in [1.807, 2.05) is 30.3 Å². The third kappa shape index (κ3) is 2.54. The lowest BCUT2D eigenvalue weighted by Crippen LogP contribution is -2.31. The van der Waals surface area contributed by atoms with Crippen LogP contribution >= 0.6 is 11.8 Å². The molecule has 4 nitrogen and oxygen atoms in total. The van der Waals surface area contributed by atoms with Gasteiger partial charge in [-0.15, -0.1) is 0 Å². The molecule has 0 aromatic heterocycles. The van der Waals surface area contributed by atoms with Gasteiger partial charge in [0.25, 0.3) is 0 Å². The van der Waals surface area contributed by atoms with E-state index in [0.717, 1.165) is 10.7 Å². The third-order valence-electron chi connectivity index (χ3n) is 3.12. The van der Waals surface area contributed by atoms with Crippen LogP contribution < -0.4 is 5.32 Å². The van der Waals surface area contributed by atoms with Gasteiger partial charge in [-0.25, -0.2) is 8.42 Å². The minimum absolute atomic E-state index is 0.0505. The number of amidine groups is 1. The average molecular weight is 282 g/mol. The van der Waals surface area contributed by atoms with Crippen LogP contribution in [-0.2, 0) is 16.4 Å². The van der Waals surface area contributed by atoms with Crippen molar-refractivity contribution in [3.8, 4) is 0 Å². The number of sulfone groups is 1. The summed E-state index contributed by atoms with van der Waals surface area (Å²) in [6.07, 6.45) is 0. The summed E-state index contributed by atoms with van der Waals surface area (Å²) in [4.78, 5) is 4.50. The molecule has 1 aromatic rings. The first-order chi connectivity index (χ1) is 8.62. The Labute approximate surface area is 111 Å². The lowest BCUT2D eigenvalue weighted by Gasteiger charge is -2.03. The van der Waals surface area contributed by atoms with Crippen LogP contribution in [0.4, 0.5) is 0 Å². The van der Waals surface area contributed by atoms with Crippen LogP contribution in [0.25, 0.3) is 0 Å². The van der Waals surface area contributed by atoms with Crippen molar-refractivity contribution in [2.24, 2.45) is 4.99 Å². The zero-order valence-corrected chi connectivity index (χ0v) is 11.4. The van der Waals surface area contributed by atoms with Gasteiger partial charge >= 0.3 is 0 Å². The molecule has 1 N–H and O–H groups in total. The average Bonchev–Trinajstić information content (AvgIpc) is 2.81. The van der Waals surface area contributed by atoms with Gasteiger partial charge in [-0.05, 0) is 5.56 Å². The second kappa shape index (κ2) is 4.59. The maximum atomic E-state index is 11.4. The van der Waals surface area contributed by atoms with E-state index in [0.29, 0.717) is 6.54 Å². The molecule has 2 aliphatic rings. The van der Waals surface area contributed by atoms with E-state index in [4.69, 9.17) is 0 Å². The highest BCUT2D eigenvalue weighted by Crippen LogP contribution is 2.31. The monoisotopic (exact) mass is 282 g/mol. The van der Waals surface area contributed by atoms with E-state index in [-0.39, 0.29) is 22.8 Å². The lowest BCUT2D eigenvalue weighted by molar-refractivity contribution is 0.600. The van der Waals surface area contributed by atoms with E-state index in [1.54, 1.807) is 11.8 Å². The van der Waals surface area contributed by atoms with Gasteiger partial charge in [-0.2, -0.15) is 0 Å². The Balaban J connectivity index is 1.64. The molecule has 96 valence electrons. The Hall–Kier alpha value is -1.01. The second-order valence-electron chi connectivity index (χ2n) is 4.59. The molecular weight excluding hydrogens is 268 g/mol. The predicted octanol–water partition coefficient (Wildman–Crippen LogP) is 1.04. The van der Waals surface area contributed by atoms with Crippen LogP contribution in [0.1, 0.15) is 5.56 Å². The zero-order valence-electron chi connectivity index (χ0n) is 9.74. The first-order valence-corrected chi connectivity index (χ1v) is 8.54. The summed E-state index contributed by atoms with van der Waals surface area (Å²) in [5.41, 5.74) is 1.16. The predicted molar refractivity (Wildman–Crippen MR) is 74.5 cm³/mol. The fraction of sp³-hybridized carbons (Fsp3) is 0.417. The molecular formula is C12H14N2O2S2. The molecule has 2 heterocycles. The third-order valence-corrected chi connectivity index (χ3v) is 6.33. The van der Waals surface area contributed by atoms with E-state index in [2.05, 4.69) is 10.3 Å². The number of hydrogen-bond acceptors (Lipinski definition) is 4. The van der Waals surface area contributed by atoms with Gasteiger partial charge in [0.1, 0.15) is 0 Å². The molecule has 2 fully saturated rings. The van der Waals surface area contributed by atoms with Crippen LogP contribution in [0.3, 0.4) is 0 Å². The maximum absolute atomic E-state index is 11.4. The molecule has 2 saturated heterocycles. The Morgan fingerprint density at radius 3 is 2.78 bits per heavy atom. The molecule has 0 amide bonds. The smallest absolute Gasteiger partial charge is 0.157 e. The van der Waals surface area contributed by atoms with Crippen molar-refractivity contribution in [3.05, 3.63) is 35.9 Å². The molecule has 1 aromatic carbocycles. The highest BCUT2D eigenvalue weighted by molar-refractivity contribution is 8.15. The molecule has 0 aliphatic carbocycles. The highest BCUT2D eigenvalue weighted by atomic mass is 32.2. The van der Waals surface area contributed by atoms with Crippen molar-refractivity contribution in [1.82, 2.24) is 5.32 Å². The molecule has 2 atom stereocenters. The summed E-state index contributed by atoms with van der Waals surface area (Å²) in [7, 11) is -2.83. The summed E-state index contributed by atoms with van der Waals surface area (Å²) in [6.45, 7) is 0.641. The van der Waals surface area contributed by atoms with Gasteiger partial charge in [0.15, 0.2) is 15.0 Å². The molecule has 3 rings (SSSR count). The summed E-state index contributed by atoms with van der Waals surface area (Å²) in [5, 5.41) is 4.23. The van der Waals surface area contributed by atoms with Crippen molar-refractivity contribution < 1.29 is 8.42 Å². The number of hydrogen-bond donors (Lipinski definition) is 1. The number of nitrogens with one attached hydrogen (secondary N) is 1. The standard InChI is InChI=1S/C12H14N2O2S2/c15-18(16)7-10-11(8-18)17-12(14-10)13-6-9-4-2-1-3-5-9/h1-5,10-11H,6-8H2,(H,13,14)/t10-,11+/m1/s1. The van der Waals surface area contributed by atoms with Gasteiger partial charge in [0.05, 0.1) is 24.1 Å². The fourth-order valence-corrected chi connectivity index (χ4v) is 5.95. The van der Waals surface area contributed by atoms with Crippen LogP contribution in [0.5, 0.6) is 0 Å². The summed E-state index contributed by atoms with van der Waals surface area (Å²) in [5.74, 6) is 0.523. The number of nitrogens with zero attached hydrogens (tertiary/aromatic N) is 1. The van der Waals surface area contributed by atoms with Crippen molar-refractivity contribution >= 4 is 26.8 Å². The normalized spacial score (nSPS) is 31.2. The van der Waals surface area contributed by atoms with E-state index >= 15 is 0 Å². The van der Waals surface area contributed by atoms with Crippen molar-refractivity contribution in [3.63, 3.8) is 0 Å². The number of fused-ring (bicyclic) bond motifs is 1. The lowest BCUT2D eigenvalue weighted by atomic mass is 10.2. The molecule has 0 unspecified atom stereocenters. The van der Waals surface area contributed by atoms with Crippen LogP contribution in [0, 0.1) is 0 Å². The second-order valence-corrected chi connectivity index (χ2v) is 7.97. The SMILES string of the molecule is O=S1(=O)C[C@@H]2SC(=NCc3ccccc3)N[C@@H]2C1. The van der Waals surface area contributed by atoms with Crippen LogP contribution in [0.2, 0.25) is 0 Å². The van der Waals surface area contributed by atoms with Crippen LogP contribution in [-0.4, -0.2) is 36.4 Å². The molecule has 0 radical (unpaired) electrons. The van der Waals surface area contributed by atoms with Crippen LogP contribution in [0.15, 0.2) is 35.3 Å². The molecule has 0 bridgehead atoms. The van der Waals surface area contributed by atoms with E-state index in [9.17, 15) is 8.42 Å². The Bertz CT molecular complexity index is 547. The maximum Gasteiger partial charge on any atom is 0.157 e. The van der Waals surface area contributed by atoms with Gasteiger partial charge in [-0.3, -0.25) is 4.99 Å². The molecule has 0 spiro atoms. The first-order valence-electron chi connectivity index (χ1n) is 5.84. The minimum atomic E-state index is -2.83. The van der Waals surface area contributed by atoms with Gasteiger partial charge in [0, 0.05) is 5.25 Å². The van der Waals surface area contributed by atoms with E-state index in [1.165, 1.54) is 0 Å². The molecule has 6 heteroatoms. The highest BCUT2D eigenvalue weighted by Gasteiger charge is 2.43. The van der Waals surface area contributed by atoms with Gasteiger partial charge < -0.3 is 5.32 Å². The summed E-state index contributed by atoms with van der Waals surface area (Å²) in [6, 6.07) is 10.1. The molecule has 2 aliphatic heterocycles. The summed E-state index contributed by atoms with van der Waals surface area (Å²) < 4.78 is 22.9.